The summed E-state index contributed by atoms with van der Waals surface area (Å²) in [5, 5.41) is 4.51. The molecule has 21 heavy (non-hydrogen) atoms. The number of halogens is 2. The van der Waals surface area contributed by atoms with Crippen LogP contribution in [0.15, 0.2) is 27.1 Å². The second kappa shape index (κ2) is 6.75. The number of rotatable bonds is 5. The summed E-state index contributed by atoms with van der Waals surface area (Å²) in [7, 11) is 0. The minimum atomic E-state index is 0.0497. The molecule has 0 unspecified atom stereocenters. The molecule has 0 aliphatic carbocycles. The summed E-state index contributed by atoms with van der Waals surface area (Å²) in [6, 6.07) is 5.25. The highest BCUT2D eigenvalue weighted by atomic mass is 79.9. The Morgan fingerprint density at radius 2 is 2.05 bits per heavy atom. The third-order valence-electron chi connectivity index (χ3n) is 3.34. The highest BCUT2D eigenvalue weighted by Crippen LogP contribution is 2.25. The van der Waals surface area contributed by atoms with Gasteiger partial charge in [0.1, 0.15) is 0 Å². The fourth-order valence-corrected chi connectivity index (χ4v) is 3.22. The van der Waals surface area contributed by atoms with Crippen LogP contribution in [-0.4, -0.2) is 15.6 Å². The topological polar surface area (TPSA) is 60.9 Å². The Hall–Kier alpha value is -1.14. The lowest BCUT2D eigenvalue weighted by atomic mass is 10.1. The van der Waals surface area contributed by atoms with Crippen molar-refractivity contribution in [1.29, 1.82) is 0 Å². The zero-order valence-corrected chi connectivity index (χ0v) is 15.2. The van der Waals surface area contributed by atoms with Crippen molar-refractivity contribution in [2.75, 3.05) is 5.73 Å². The van der Waals surface area contributed by atoms with Gasteiger partial charge in [-0.1, -0.05) is 6.92 Å². The fourth-order valence-electron chi connectivity index (χ4n) is 2.14. The Morgan fingerprint density at radius 3 is 2.62 bits per heavy atom. The number of benzene rings is 1. The number of aryl methyl sites for hydroxylation is 2. The lowest BCUT2D eigenvalue weighted by Gasteiger charge is -2.06. The normalized spacial score (nSPS) is 10.9. The molecule has 0 spiro atoms. The van der Waals surface area contributed by atoms with E-state index in [4.69, 9.17) is 5.73 Å². The van der Waals surface area contributed by atoms with Crippen LogP contribution in [0, 0.1) is 0 Å². The van der Waals surface area contributed by atoms with Crippen LogP contribution in [0.1, 0.15) is 35.6 Å². The summed E-state index contributed by atoms with van der Waals surface area (Å²) in [6.45, 7) is 4.81. The maximum absolute atomic E-state index is 12.5. The van der Waals surface area contributed by atoms with Gasteiger partial charge in [0.25, 0.3) is 0 Å². The van der Waals surface area contributed by atoms with Gasteiger partial charge in [0, 0.05) is 22.3 Å². The van der Waals surface area contributed by atoms with Crippen molar-refractivity contribution >= 4 is 43.3 Å². The molecule has 112 valence electrons. The molecule has 2 rings (SSSR count). The SMILES string of the molecule is CCc1nn(CC)c(CC(=O)c2ccc(N)c(Br)c2)c1Br. The van der Waals surface area contributed by atoms with Crippen LogP contribution in [0.2, 0.25) is 0 Å². The second-order valence-corrected chi connectivity index (χ2v) is 6.36. The van der Waals surface area contributed by atoms with Crippen LogP contribution >= 0.6 is 31.9 Å². The molecular formula is C15H17Br2N3O. The number of nitrogens with zero attached hydrogens (tertiary/aromatic N) is 2. The number of nitrogen functional groups attached to an aromatic ring is 1. The summed E-state index contributed by atoms with van der Waals surface area (Å²) in [4.78, 5) is 12.5. The summed E-state index contributed by atoms with van der Waals surface area (Å²) in [6.07, 6.45) is 1.15. The van der Waals surface area contributed by atoms with Crippen LogP contribution in [0.25, 0.3) is 0 Å². The minimum absolute atomic E-state index is 0.0497. The first-order valence-corrected chi connectivity index (χ1v) is 8.38. The Balaban J connectivity index is 2.31. The molecule has 0 amide bonds. The van der Waals surface area contributed by atoms with Crippen molar-refractivity contribution in [3.63, 3.8) is 0 Å². The van der Waals surface area contributed by atoms with Crippen molar-refractivity contribution in [3.8, 4) is 0 Å². The van der Waals surface area contributed by atoms with Gasteiger partial charge in [0.15, 0.2) is 5.78 Å². The minimum Gasteiger partial charge on any atom is -0.398 e. The Bertz CT molecular complexity index is 680. The zero-order valence-electron chi connectivity index (χ0n) is 12.0. The number of ketones is 1. The maximum Gasteiger partial charge on any atom is 0.168 e. The first kappa shape index (κ1) is 16.2. The lowest BCUT2D eigenvalue weighted by molar-refractivity contribution is 0.0990. The highest BCUT2D eigenvalue weighted by Gasteiger charge is 2.18. The molecule has 1 aromatic carbocycles. The number of aromatic nitrogens is 2. The van der Waals surface area contributed by atoms with Crippen molar-refractivity contribution in [2.45, 2.75) is 33.2 Å². The number of carbonyl (C=O) groups excluding carboxylic acids is 1. The molecule has 0 saturated heterocycles. The van der Waals surface area contributed by atoms with Gasteiger partial charge < -0.3 is 5.73 Å². The van der Waals surface area contributed by atoms with E-state index in [2.05, 4.69) is 43.9 Å². The van der Waals surface area contributed by atoms with Crippen LogP contribution in [0.4, 0.5) is 5.69 Å². The van der Waals surface area contributed by atoms with Crippen LogP contribution < -0.4 is 5.73 Å². The van der Waals surface area contributed by atoms with Gasteiger partial charge in [0.05, 0.1) is 22.3 Å². The van der Waals surface area contributed by atoms with Crippen molar-refractivity contribution in [1.82, 2.24) is 9.78 Å². The van der Waals surface area contributed by atoms with Crippen molar-refractivity contribution in [3.05, 3.63) is 44.1 Å². The van der Waals surface area contributed by atoms with E-state index in [9.17, 15) is 4.79 Å². The average Bonchev–Trinajstić information content (AvgIpc) is 2.78. The van der Waals surface area contributed by atoms with E-state index >= 15 is 0 Å². The molecule has 0 fully saturated rings. The van der Waals surface area contributed by atoms with E-state index in [1.807, 2.05) is 11.6 Å². The Kier molecular flexibility index (Phi) is 5.22. The van der Waals surface area contributed by atoms with Gasteiger partial charge in [-0.05, 0) is 63.4 Å². The quantitative estimate of drug-likeness (QED) is 0.594. The molecule has 4 nitrogen and oxygen atoms in total. The molecular weight excluding hydrogens is 398 g/mol. The van der Waals surface area contributed by atoms with Gasteiger partial charge in [-0.3, -0.25) is 9.48 Å². The summed E-state index contributed by atoms with van der Waals surface area (Å²) >= 11 is 6.92. The van der Waals surface area contributed by atoms with Gasteiger partial charge >= 0.3 is 0 Å². The molecule has 1 aromatic heterocycles. The number of hydrogen-bond acceptors (Lipinski definition) is 3. The predicted octanol–water partition coefficient (Wildman–Crippen LogP) is 4.00. The third kappa shape index (κ3) is 3.37. The third-order valence-corrected chi connectivity index (χ3v) is 4.95. The largest absolute Gasteiger partial charge is 0.398 e. The molecule has 0 atom stereocenters. The van der Waals surface area contributed by atoms with Crippen LogP contribution in [0.5, 0.6) is 0 Å². The predicted molar refractivity (Wildman–Crippen MR) is 91.6 cm³/mol. The van der Waals surface area contributed by atoms with E-state index in [0.717, 1.165) is 33.3 Å². The highest BCUT2D eigenvalue weighted by molar-refractivity contribution is 9.11. The van der Waals surface area contributed by atoms with Crippen molar-refractivity contribution in [2.24, 2.45) is 0 Å². The van der Waals surface area contributed by atoms with Gasteiger partial charge in [-0.15, -0.1) is 0 Å². The monoisotopic (exact) mass is 413 g/mol. The van der Waals surface area contributed by atoms with Gasteiger partial charge in [-0.2, -0.15) is 5.10 Å². The Labute approximate surface area is 141 Å². The second-order valence-electron chi connectivity index (χ2n) is 4.71. The van der Waals surface area contributed by atoms with Crippen molar-refractivity contribution < 1.29 is 4.79 Å². The Morgan fingerprint density at radius 1 is 1.33 bits per heavy atom. The number of nitrogens with two attached hydrogens (primary N) is 1. The fraction of sp³-hybridized carbons (Fsp3) is 0.333. The smallest absolute Gasteiger partial charge is 0.168 e. The van der Waals surface area contributed by atoms with Crippen LogP contribution in [-0.2, 0) is 19.4 Å². The number of carbonyl (C=O) groups is 1. The molecule has 0 saturated carbocycles. The summed E-state index contributed by atoms with van der Waals surface area (Å²) in [5.41, 5.74) is 8.93. The standard InChI is InChI=1S/C15H17Br2N3O/c1-3-12-15(17)13(20(4-2)19-12)8-14(21)9-5-6-11(18)10(16)7-9/h5-7H,3-4,8,18H2,1-2H3. The van der Waals surface area contributed by atoms with E-state index in [1.165, 1.54) is 0 Å². The lowest BCUT2D eigenvalue weighted by Crippen LogP contribution is -2.10. The molecule has 1 heterocycles. The molecule has 0 aliphatic heterocycles. The van der Waals surface area contributed by atoms with E-state index in [0.29, 0.717) is 17.7 Å². The molecule has 0 aliphatic rings. The zero-order chi connectivity index (χ0) is 15.6. The molecule has 2 N–H and O–H groups in total. The summed E-state index contributed by atoms with van der Waals surface area (Å²) in [5.74, 6) is 0.0497. The first-order chi connectivity index (χ1) is 9.97. The summed E-state index contributed by atoms with van der Waals surface area (Å²) < 4.78 is 3.56. The molecule has 2 aromatic rings. The number of Topliss-reactive ketones (excluding diaryl/α,β-unsaturated/α-hetero) is 1. The maximum atomic E-state index is 12.5. The van der Waals surface area contributed by atoms with Gasteiger partial charge in [-0.25, -0.2) is 0 Å². The average molecular weight is 415 g/mol. The van der Waals surface area contributed by atoms with Gasteiger partial charge in [0.2, 0.25) is 0 Å². The molecule has 0 bridgehead atoms. The first-order valence-electron chi connectivity index (χ1n) is 6.80. The van der Waals surface area contributed by atoms with E-state index in [1.54, 1.807) is 18.2 Å². The molecule has 0 radical (unpaired) electrons. The van der Waals surface area contributed by atoms with E-state index in [-0.39, 0.29) is 5.78 Å². The van der Waals surface area contributed by atoms with Crippen LogP contribution in [0.3, 0.4) is 0 Å². The number of anilines is 1. The van der Waals surface area contributed by atoms with E-state index < -0.39 is 0 Å². The molecule has 6 heteroatoms. The number of hydrogen-bond donors (Lipinski definition) is 1.